The molecule has 0 unspecified atom stereocenters. The number of nitriles is 1. The second-order valence-electron chi connectivity index (χ2n) is 7.32. The maximum atomic E-state index is 14.9. The lowest BCUT2D eigenvalue weighted by atomic mass is 9.95. The smallest absolute Gasteiger partial charge is 0.131 e. The molecule has 1 nitrogen and oxygen atoms in total. The fourth-order valence-corrected chi connectivity index (χ4v) is 3.82. The Hall–Kier alpha value is -3.18. The Labute approximate surface area is 165 Å². The molecule has 138 valence electrons. The van der Waals surface area contributed by atoms with Crippen LogP contribution < -0.4 is 0 Å². The Bertz CT molecular complexity index is 1180. The molecule has 0 aliphatic carbocycles. The number of nitrogens with zero attached hydrogens (tertiary/aromatic N) is 1. The van der Waals surface area contributed by atoms with E-state index in [1.807, 2.05) is 6.07 Å². The quantitative estimate of drug-likeness (QED) is 0.266. The minimum atomic E-state index is -0.239. The third kappa shape index (κ3) is 3.49. The second kappa shape index (κ2) is 7.82. The molecule has 0 saturated carbocycles. The Kier molecular flexibility index (Phi) is 5.08. The van der Waals surface area contributed by atoms with E-state index in [0.29, 0.717) is 11.1 Å². The van der Waals surface area contributed by atoms with Crippen molar-refractivity contribution >= 4 is 21.5 Å². The van der Waals surface area contributed by atoms with Gasteiger partial charge < -0.3 is 0 Å². The number of aryl methyl sites for hydroxylation is 1. The van der Waals surface area contributed by atoms with Crippen molar-refractivity contribution in [1.29, 1.82) is 5.26 Å². The van der Waals surface area contributed by atoms with Crippen LogP contribution in [-0.4, -0.2) is 0 Å². The fraction of sp³-hybridized carbons (Fsp3) is 0.192. The van der Waals surface area contributed by atoms with Gasteiger partial charge in [0, 0.05) is 5.56 Å². The van der Waals surface area contributed by atoms with Crippen LogP contribution in [0.25, 0.3) is 32.7 Å². The van der Waals surface area contributed by atoms with E-state index < -0.39 is 0 Å². The number of halogens is 1. The Morgan fingerprint density at radius 1 is 0.821 bits per heavy atom. The molecule has 0 bridgehead atoms. The number of rotatable bonds is 5. The summed E-state index contributed by atoms with van der Waals surface area (Å²) in [6.45, 7) is 2.22. The standard InChI is InChI=1S/C26H22FN/c1-2-3-4-5-18-8-13-23-21(14-18)11-12-22-15-25(26(27)16-24(22)23)20-9-6-19(17-28)7-10-20/h6-16H,2-5H2,1H3. The van der Waals surface area contributed by atoms with Crippen LogP contribution in [0.3, 0.4) is 0 Å². The maximum Gasteiger partial charge on any atom is 0.131 e. The summed E-state index contributed by atoms with van der Waals surface area (Å²) < 4.78 is 14.9. The van der Waals surface area contributed by atoms with Gasteiger partial charge in [-0.1, -0.05) is 62.2 Å². The van der Waals surface area contributed by atoms with Crippen molar-refractivity contribution in [1.82, 2.24) is 0 Å². The summed E-state index contributed by atoms with van der Waals surface area (Å²) in [5.41, 5.74) is 3.26. The van der Waals surface area contributed by atoms with E-state index in [2.05, 4.69) is 43.3 Å². The number of hydrogen-bond acceptors (Lipinski definition) is 1. The van der Waals surface area contributed by atoms with Crippen molar-refractivity contribution in [3.8, 4) is 17.2 Å². The van der Waals surface area contributed by atoms with E-state index in [1.165, 1.54) is 24.8 Å². The Balaban J connectivity index is 1.76. The van der Waals surface area contributed by atoms with Gasteiger partial charge in [-0.2, -0.15) is 5.26 Å². The molecule has 0 amide bonds. The number of fused-ring (bicyclic) bond motifs is 3. The molecular formula is C26H22FN. The van der Waals surface area contributed by atoms with Gasteiger partial charge in [0.25, 0.3) is 0 Å². The van der Waals surface area contributed by atoms with Gasteiger partial charge in [0.15, 0.2) is 0 Å². The molecule has 0 radical (unpaired) electrons. The molecule has 0 aliphatic rings. The molecule has 0 aliphatic heterocycles. The third-order valence-corrected chi connectivity index (χ3v) is 5.38. The molecule has 0 N–H and O–H groups in total. The van der Waals surface area contributed by atoms with Gasteiger partial charge in [0.05, 0.1) is 11.6 Å². The zero-order chi connectivity index (χ0) is 19.5. The van der Waals surface area contributed by atoms with Gasteiger partial charge in [-0.25, -0.2) is 4.39 Å². The summed E-state index contributed by atoms with van der Waals surface area (Å²) in [4.78, 5) is 0. The van der Waals surface area contributed by atoms with Gasteiger partial charge in [-0.15, -0.1) is 0 Å². The summed E-state index contributed by atoms with van der Waals surface area (Å²) in [5.74, 6) is -0.239. The maximum absolute atomic E-state index is 14.9. The summed E-state index contributed by atoms with van der Waals surface area (Å²) in [6, 6.07) is 23.4. The molecule has 0 spiro atoms. The molecule has 28 heavy (non-hydrogen) atoms. The van der Waals surface area contributed by atoms with Gasteiger partial charge in [-0.3, -0.25) is 0 Å². The highest BCUT2D eigenvalue weighted by molar-refractivity contribution is 6.08. The number of unbranched alkanes of at least 4 members (excludes halogenated alkanes) is 2. The minimum absolute atomic E-state index is 0.239. The predicted octanol–water partition coefficient (Wildman–Crippen LogP) is 7.40. The van der Waals surface area contributed by atoms with E-state index >= 15 is 0 Å². The summed E-state index contributed by atoms with van der Waals surface area (Å²) in [6.07, 6.45) is 4.77. The summed E-state index contributed by atoms with van der Waals surface area (Å²) in [7, 11) is 0. The first-order valence-electron chi connectivity index (χ1n) is 9.85. The topological polar surface area (TPSA) is 23.8 Å². The first-order chi connectivity index (χ1) is 13.7. The second-order valence-corrected chi connectivity index (χ2v) is 7.32. The third-order valence-electron chi connectivity index (χ3n) is 5.38. The van der Waals surface area contributed by atoms with E-state index in [9.17, 15) is 4.39 Å². The monoisotopic (exact) mass is 367 g/mol. The summed E-state index contributed by atoms with van der Waals surface area (Å²) >= 11 is 0. The van der Waals surface area contributed by atoms with Gasteiger partial charge in [-0.05, 0) is 69.8 Å². The fourth-order valence-electron chi connectivity index (χ4n) is 3.82. The Morgan fingerprint density at radius 2 is 1.57 bits per heavy atom. The molecule has 0 heterocycles. The lowest BCUT2D eigenvalue weighted by Gasteiger charge is -2.10. The zero-order valence-electron chi connectivity index (χ0n) is 16.0. The average Bonchev–Trinajstić information content (AvgIpc) is 2.73. The van der Waals surface area contributed by atoms with Crippen molar-refractivity contribution in [3.63, 3.8) is 0 Å². The highest BCUT2D eigenvalue weighted by Crippen LogP contribution is 2.32. The van der Waals surface area contributed by atoms with E-state index in [-0.39, 0.29) is 5.82 Å². The van der Waals surface area contributed by atoms with Crippen LogP contribution >= 0.6 is 0 Å². The lowest BCUT2D eigenvalue weighted by molar-refractivity contribution is 0.633. The lowest BCUT2D eigenvalue weighted by Crippen LogP contribution is -1.89. The van der Waals surface area contributed by atoms with Crippen LogP contribution in [0, 0.1) is 17.1 Å². The first-order valence-corrected chi connectivity index (χ1v) is 9.85. The number of hydrogen-bond donors (Lipinski definition) is 0. The van der Waals surface area contributed by atoms with Crippen molar-refractivity contribution in [2.75, 3.05) is 0 Å². The van der Waals surface area contributed by atoms with Gasteiger partial charge >= 0.3 is 0 Å². The van der Waals surface area contributed by atoms with Gasteiger partial charge in [0.2, 0.25) is 0 Å². The highest BCUT2D eigenvalue weighted by atomic mass is 19.1. The molecule has 2 heteroatoms. The van der Waals surface area contributed by atoms with Crippen molar-refractivity contribution in [3.05, 3.63) is 83.7 Å². The first kappa shape index (κ1) is 18.2. The van der Waals surface area contributed by atoms with E-state index in [0.717, 1.165) is 33.5 Å². The molecular weight excluding hydrogens is 345 g/mol. The van der Waals surface area contributed by atoms with Crippen LogP contribution in [0.2, 0.25) is 0 Å². The van der Waals surface area contributed by atoms with Crippen LogP contribution in [0.5, 0.6) is 0 Å². The molecule has 4 aromatic carbocycles. The van der Waals surface area contributed by atoms with Gasteiger partial charge in [0.1, 0.15) is 5.82 Å². The molecule has 0 saturated heterocycles. The highest BCUT2D eigenvalue weighted by Gasteiger charge is 2.10. The normalized spacial score (nSPS) is 11.0. The molecule has 4 rings (SSSR count). The van der Waals surface area contributed by atoms with Crippen molar-refractivity contribution in [2.24, 2.45) is 0 Å². The van der Waals surface area contributed by atoms with E-state index in [4.69, 9.17) is 5.26 Å². The minimum Gasteiger partial charge on any atom is -0.206 e. The molecule has 0 fully saturated rings. The average molecular weight is 367 g/mol. The van der Waals surface area contributed by atoms with Crippen molar-refractivity contribution < 1.29 is 4.39 Å². The summed E-state index contributed by atoms with van der Waals surface area (Å²) in [5, 5.41) is 13.2. The van der Waals surface area contributed by atoms with Crippen LogP contribution in [0.1, 0.15) is 37.3 Å². The Morgan fingerprint density at radius 3 is 2.29 bits per heavy atom. The van der Waals surface area contributed by atoms with Crippen LogP contribution in [-0.2, 0) is 6.42 Å². The zero-order valence-corrected chi connectivity index (χ0v) is 16.0. The van der Waals surface area contributed by atoms with Crippen LogP contribution in [0.4, 0.5) is 4.39 Å². The molecule has 0 atom stereocenters. The molecule has 4 aromatic rings. The number of benzene rings is 4. The van der Waals surface area contributed by atoms with Crippen LogP contribution in [0.15, 0.2) is 66.7 Å². The SMILES string of the molecule is CCCCCc1ccc2c(ccc3cc(-c4ccc(C#N)cc4)c(F)cc32)c1. The molecule has 0 aromatic heterocycles. The van der Waals surface area contributed by atoms with Crippen molar-refractivity contribution in [2.45, 2.75) is 32.6 Å². The van der Waals surface area contributed by atoms with E-state index in [1.54, 1.807) is 30.3 Å². The predicted molar refractivity (Wildman–Crippen MR) is 115 cm³/mol. The largest absolute Gasteiger partial charge is 0.206 e.